The number of halogens is 3. The van der Waals surface area contributed by atoms with Crippen molar-refractivity contribution < 1.29 is 22.9 Å². The van der Waals surface area contributed by atoms with E-state index < -0.39 is 33.8 Å². The second-order valence-electron chi connectivity index (χ2n) is 4.30. The molecule has 0 aliphatic carbocycles. The van der Waals surface area contributed by atoms with Gasteiger partial charge in [-0.15, -0.1) is 0 Å². The van der Waals surface area contributed by atoms with Crippen LogP contribution in [0.3, 0.4) is 0 Å². The fraction of sp³-hybridized carbons (Fsp3) is 0.0714. The quantitative estimate of drug-likeness (QED) is 0.691. The molecular weight excluding hydrogens is 301 g/mol. The summed E-state index contributed by atoms with van der Waals surface area (Å²) in [6.07, 6.45) is -4.88. The molecule has 0 saturated heterocycles. The van der Waals surface area contributed by atoms with E-state index in [1.807, 2.05) is 0 Å². The largest absolute Gasteiger partial charge is 0.417 e. The molecule has 114 valence electrons. The molecule has 0 aliphatic rings. The van der Waals surface area contributed by atoms with Crippen LogP contribution in [0.25, 0.3) is 0 Å². The van der Waals surface area contributed by atoms with Gasteiger partial charge in [-0.3, -0.25) is 14.9 Å². The lowest BCUT2D eigenvalue weighted by Crippen LogP contribution is -2.19. The molecule has 0 atom stereocenters. The summed E-state index contributed by atoms with van der Waals surface area (Å²) in [4.78, 5) is 21.6. The number of amides is 1. The van der Waals surface area contributed by atoms with Gasteiger partial charge in [-0.05, 0) is 18.2 Å². The molecule has 8 heteroatoms. The Bertz CT molecular complexity index is 715. The fourth-order valence-electron chi connectivity index (χ4n) is 1.80. The lowest BCUT2D eigenvalue weighted by Gasteiger charge is -2.12. The number of rotatable bonds is 3. The predicted octanol–water partition coefficient (Wildman–Crippen LogP) is 3.87. The molecule has 22 heavy (non-hydrogen) atoms. The third kappa shape index (κ3) is 3.40. The average molecular weight is 310 g/mol. The van der Waals surface area contributed by atoms with Crippen molar-refractivity contribution >= 4 is 17.3 Å². The summed E-state index contributed by atoms with van der Waals surface area (Å²) in [5.74, 6) is -0.992. The number of carbonyl (C=O) groups is 1. The first kappa shape index (κ1) is 15.5. The summed E-state index contributed by atoms with van der Waals surface area (Å²) in [7, 11) is 0. The van der Waals surface area contributed by atoms with E-state index in [-0.39, 0.29) is 0 Å². The summed E-state index contributed by atoms with van der Waals surface area (Å²) in [5, 5.41) is 12.9. The highest BCUT2D eigenvalue weighted by Crippen LogP contribution is 2.34. The Hall–Kier alpha value is -2.90. The molecule has 2 aromatic carbocycles. The maximum absolute atomic E-state index is 13.0. The molecule has 0 fully saturated rings. The molecule has 0 aliphatic heterocycles. The summed E-state index contributed by atoms with van der Waals surface area (Å²) < 4.78 is 39.0. The van der Waals surface area contributed by atoms with Crippen LogP contribution in [-0.4, -0.2) is 10.8 Å². The van der Waals surface area contributed by atoms with E-state index in [0.29, 0.717) is 11.8 Å². The Kier molecular flexibility index (Phi) is 4.11. The van der Waals surface area contributed by atoms with E-state index in [0.717, 1.165) is 12.1 Å². The van der Waals surface area contributed by atoms with Gasteiger partial charge in [-0.25, -0.2) is 0 Å². The molecule has 2 rings (SSSR count). The average Bonchev–Trinajstić information content (AvgIpc) is 2.46. The number of para-hydroxylation sites is 1. The molecule has 5 nitrogen and oxygen atoms in total. The fourth-order valence-corrected chi connectivity index (χ4v) is 1.80. The number of nitro benzene ring substituents is 1. The van der Waals surface area contributed by atoms with E-state index in [2.05, 4.69) is 5.32 Å². The van der Waals surface area contributed by atoms with Crippen LogP contribution in [0.2, 0.25) is 0 Å². The van der Waals surface area contributed by atoms with Crippen LogP contribution in [0.15, 0.2) is 48.5 Å². The van der Waals surface area contributed by atoms with Gasteiger partial charge in [-0.1, -0.05) is 18.2 Å². The maximum atomic E-state index is 13.0. The van der Waals surface area contributed by atoms with Gasteiger partial charge in [0.15, 0.2) is 0 Å². The van der Waals surface area contributed by atoms with Crippen molar-refractivity contribution in [2.45, 2.75) is 6.18 Å². The number of hydrogen-bond acceptors (Lipinski definition) is 3. The van der Waals surface area contributed by atoms with Gasteiger partial charge in [0.05, 0.1) is 16.1 Å². The standard InChI is InChI=1S/C14H9F3N2O3/c15-14(16,17)12-8-10(19(21)22)6-7-11(12)13(20)18-9-4-2-1-3-5-9/h1-8H,(H,18,20). The smallest absolute Gasteiger partial charge is 0.322 e. The van der Waals surface area contributed by atoms with Crippen LogP contribution >= 0.6 is 0 Å². The second-order valence-corrected chi connectivity index (χ2v) is 4.30. The molecule has 1 amide bonds. The van der Waals surface area contributed by atoms with Gasteiger partial charge >= 0.3 is 6.18 Å². The number of nitrogens with one attached hydrogen (secondary N) is 1. The highest BCUT2D eigenvalue weighted by atomic mass is 19.4. The lowest BCUT2D eigenvalue weighted by molar-refractivity contribution is -0.385. The summed E-state index contributed by atoms with van der Waals surface area (Å²) in [5.41, 5.74) is -2.44. The van der Waals surface area contributed by atoms with E-state index >= 15 is 0 Å². The van der Waals surface area contributed by atoms with Crippen LogP contribution in [0.4, 0.5) is 24.5 Å². The zero-order valence-electron chi connectivity index (χ0n) is 10.9. The van der Waals surface area contributed by atoms with E-state index in [4.69, 9.17) is 0 Å². The molecule has 0 spiro atoms. The number of benzene rings is 2. The molecule has 0 radical (unpaired) electrons. The van der Waals surface area contributed by atoms with Crippen molar-refractivity contribution in [3.05, 3.63) is 69.8 Å². The number of nitro groups is 1. The van der Waals surface area contributed by atoms with Crippen molar-refractivity contribution in [1.82, 2.24) is 0 Å². The van der Waals surface area contributed by atoms with Crippen LogP contribution < -0.4 is 5.32 Å². The molecule has 0 heterocycles. The first-order valence-electron chi connectivity index (χ1n) is 6.01. The third-order valence-electron chi connectivity index (χ3n) is 2.80. The third-order valence-corrected chi connectivity index (χ3v) is 2.80. The highest BCUT2D eigenvalue weighted by molar-refractivity contribution is 6.05. The molecule has 0 aromatic heterocycles. The number of hydrogen-bond donors (Lipinski definition) is 1. The molecule has 2 aromatic rings. The van der Waals surface area contributed by atoms with Gasteiger partial charge < -0.3 is 5.32 Å². The Morgan fingerprint density at radius 2 is 1.73 bits per heavy atom. The zero-order chi connectivity index (χ0) is 16.3. The van der Waals surface area contributed by atoms with Gasteiger partial charge in [0.1, 0.15) is 0 Å². The monoisotopic (exact) mass is 310 g/mol. The van der Waals surface area contributed by atoms with Gasteiger partial charge in [0.25, 0.3) is 11.6 Å². The van der Waals surface area contributed by atoms with Gasteiger partial charge in [-0.2, -0.15) is 13.2 Å². The molecular formula is C14H9F3N2O3. The lowest BCUT2D eigenvalue weighted by atomic mass is 10.1. The second kappa shape index (κ2) is 5.84. The molecule has 0 saturated carbocycles. The predicted molar refractivity (Wildman–Crippen MR) is 72.5 cm³/mol. The Balaban J connectivity index is 2.41. The van der Waals surface area contributed by atoms with Crippen molar-refractivity contribution in [1.29, 1.82) is 0 Å². The van der Waals surface area contributed by atoms with E-state index in [1.165, 1.54) is 12.1 Å². The van der Waals surface area contributed by atoms with Gasteiger partial charge in [0, 0.05) is 17.8 Å². The van der Waals surface area contributed by atoms with Crippen LogP contribution in [-0.2, 0) is 6.18 Å². The van der Waals surface area contributed by atoms with Crippen molar-refractivity contribution in [2.24, 2.45) is 0 Å². The summed E-state index contributed by atoms with van der Waals surface area (Å²) in [6, 6.07) is 9.91. The molecule has 1 N–H and O–H groups in total. The topological polar surface area (TPSA) is 72.2 Å². The SMILES string of the molecule is O=C(Nc1ccccc1)c1ccc([N+](=O)[O-])cc1C(F)(F)F. The van der Waals surface area contributed by atoms with Crippen molar-refractivity contribution in [2.75, 3.05) is 5.32 Å². The van der Waals surface area contributed by atoms with Crippen LogP contribution in [0, 0.1) is 10.1 Å². The Morgan fingerprint density at radius 3 is 2.27 bits per heavy atom. The summed E-state index contributed by atoms with van der Waals surface area (Å²) >= 11 is 0. The molecule has 0 bridgehead atoms. The Labute approximate surface area is 122 Å². The minimum Gasteiger partial charge on any atom is -0.322 e. The maximum Gasteiger partial charge on any atom is 0.417 e. The number of alkyl halides is 3. The Morgan fingerprint density at radius 1 is 1.09 bits per heavy atom. The van der Waals surface area contributed by atoms with Crippen molar-refractivity contribution in [3.63, 3.8) is 0 Å². The zero-order valence-corrected chi connectivity index (χ0v) is 10.9. The van der Waals surface area contributed by atoms with Crippen molar-refractivity contribution in [3.8, 4) is 0 Å². The number of nitrogens with zero attached hydrogens (tertiary/aromatic N) is 1. The summed E-state index contributed by atoms with van der Waals surface area (Å²) in [6.45, 7) is 0. The normalized spacial score (nSPS) is 11.0. The van der Waals surface area contributed by atoms with E-state index in [9.17, 15) is 28.1 Å². The van der Waals surface area contributed by atoms with Gasteiger partial charge in [0.2, 0.25) is 0 Å². The number of carbonyl (C=O) groups excluding carboxylic acids is 1. The number of anilines is 1. The van der Waals surface area contributed by atoms with Crippen LogP contribution in [0.5, 0.6) is 0 Å². The first-order valence-corrected chi connectivity index (χ1v) is 6.01. The molecule has 0 unspecified atom stereocenters. The number of non-ortho nitro benzene ring substituents is 1. The van der Waals surface area contributed by atoms with E-state index in [1.54, 1.807) is 18.2 Å². The minimum atomic E-state index is -4.88. The highest BCUT2D eigenvalue weighted by Gasteiger charge is 2.36. The first-order chi connectivity index (χ1) is 10.3. The van der Waals surface area contributed by atoms with Crippen LogP contribution in [0.1, 0.15) is 15.9 Å². The minimum absolute atomic E-state index is 0.318.